The van der Waals surface area contributed by atoms with E-state index in [0.717, 1.165) is 5.56 Å². The zero-order valence-electron chi connectivity index (χ0n) is 8.97. The topological polar surface area (TPSA) is 49.3 Å². The molecule has 0 fully saturated rings. The van der Waals surface area contributed by atoms with Crippen LogP contribution in [0.2, 0.25) is 5.02 Å². The van der Waals surface area contributed by atoms with Crippen LogP contribution in [-0.2, 0) is 4.79 Å². The third kappa shape index (κ3) is 2.86. The number of benzene rings is 1. The van der Waals surface area contributed by atoms with E-state index < -0.39 is 11.5 Å². The second kappa shape index (κ2) is 4.11. The number of carboxylic acid groups (broad SMARTS) is 1. The molecule has 0 heterocycles. The van der Waals surface area contributed by atoms with Crippen LogP contribution in [0.5, 0.6) is 0 Å². The Morgan fingerprint density at radius 2 is 2.07 bits per heavy atom. The molecule has 1 aromatic carbocycles. The fraction of sp³-hybridized carbons (Fsp3) is 0.364. The van der Waals surface area contributed by atoms with Gasteiger partial charge in [-0.3, -0.25) is 0 Å². The Hall–Kier alpha value is -1.22. The average Bonchev–Trinajstić information content (AvgIpc) is 2.09. The third-order valence-corrected chi connectivity index (χ3v) is 2.42. The van der Waals surface area contributed by atoms with E-state index in [1.807, 2.05) is 13.0 Å². The summed E-state index contributed by atoms with van der Waals surface area (Å²) in [4.78, 5) is 10.9. The molecule has 0 atom stereocenters. The molecular formula is C11H14ClNO2. The zero-order chi connectivity index (χ0) is 11.6. The molecule has 0 unspecified atom stereocenters. The Bertz CT molecular complexity index is 388. The number of aryl methyl sites for hydroxylation is 1. The molecule has 0 aliphatic carbocycles. The van der Waals surface area contributed by atoms with Gasteiger partial charge >= 0.3 is 5.97 Å². The van der Waals surface area contributed by atoms with Crippen LogP contribution >= 0.6 is 11.6 Å². The van der Waals surface area contributed by atoms with Crippen molar-refractivity contribution in [3.63, 3.8) is 0 Å². The summed E-state index contributed by atoms with van der Waals surface area (Å²) in [7, 11) is 0. The molecule has 0 aliphatic heterocycles. The molecule has 82 valence electrons. The number of carboxylic acids is 1. The monoisotopic (exact) mass is 227 g/mol. The maximum atomic E-state index is 10.9. The highest BCUT2D eigenvalue weighted by Gasteiger charge is 2.27. The average molecular weight is 228 g/mol. The summed E-state index contributed by atoms with van der Waals surface area (Å²) in [5, 5.41) is 12.4. The molecule has 3 nitrogen and oxygen atoms in total. The fourth-order valence-electron chi connectivity index (χ4n) is 1.11. The molecule has 0 saturated heterocycles. The summed E-state index contributed by atoms with van der Waals surface area (Å²) in [6.45, 7) is 5.11. The smallest absolute Gasteiger partial charge is 0.328 e. The lowest BCUT2D eigenvalue weighted by Gasteiger charge is -2.23. The van der Waals surface area contributed by atoms with Crippen LogP contribution < -0.4 is 5.32 Å². The molecule has 0 saturated carbocycles. The third-order valence-electron chi connectivity index (χ3n) is 2.11. The first kappa shape index (κ1) is 11.9. The van der Waals surface area contributed by atoms with Crippen molar-refractivity contribution < 1.29 is 9.90 Å². The molecule has 0 spiro atoms. The number of rotatable bonds is 3. The van der Waals surface area contributed by atoms with Gasteiger partial charge in [0.25, 0.3) is 0 Å². The van der Waals surface area contributed by atoms with Gasteiger partial charge in [0.15, 0.2) is 0 Å². The summed E-state index contributed by atoms with van der Waals surface area (Å²) in [6.07, 6.45) is 0. The number of halogens is 1. The van der Waals surface area contributed by atoms with Gasteiger partial charge in [-0.05, 0) is 38.5 Å². The van der Waals surface area contributed by atoms with Crippen LogP contribution in [0, 0.1) is 6.92 Å². The summed E-state index contributed by atoms with van der Waals surface area (Å²) in [5.41, 5.74) is 0.646. The van der Waals surface area contributed by atoms with E-state index in [9.17, 15) is 4.79 Å². The highest BCUT2D eigenvalue weighted by molar-refractivity contribution is 6.33. The number of hydrogen-bond donors (Lipinski definition) is 2. The summed E-state index contributed by atoms with van der Waals surface area (Å²) >= 11 is 5.98. The van der Waals surface area contributed by atoms with E-state index in [4.69, 9.17) is 16.7 Å². The van der Waals surface area contributed by atoms with Gasteiger partial charge in [0.05, 0.1) is 10.7 Å². The van der Waals surface area contributed by atoms with Crippen molar-refractivity contribution in [1.82, 2.24) is 0 Å². The number of hydrogen-bond acceptors (Lipinski definition) is 2. The number of carbonyl (C=O) groups is 1. The quantitative estimate of drug-likeness (QED) is 0.835. The van der Waals surface area contributed by atoms with Gasteiger partial charge in [0.2, 0.25) is 0 Å². The van der Waals surface area contributed by atoms with Gasteiger partial charge < -0.3 is 10.4 Å². The lowest BCUT2D eigenvalue weighted by atomic mass is 10.1. The molecule has 1 rings (SSSR count). The fourth-order valence-corrected chi connectivity index (χ4v) is 1.39. The molecule has 4 heteroatoms. The minimum Gasteiger partial charge on any atom is -0.480 e. The molecule has 0 bridgehead atoms. The standard InChI is InChI=1S/C11H14ClNO2/c1-7-4-5-9(8(12)6-7)13-11(2,3)10(14)15/h4-6,13H,1-3H3,(H,14,15). The van der Waals surface area contributed by atoms with Gasteiger partial charge in [0.1, 0.15) is 5.54 Å². The first-order valence-electron chi connectivity index (χ1n) is 4.60. The van der Waals surface area contributed by atoms with Gasteiger partial charge in [0, 0.05) is 0 Å². The van der Waals surface area contributed by atoms with Gasteiger partial charge in [-0.2, -0.15) is 0 Å². The number of aliphatic carboxylic acids is 1. The summed E-state index contributed by atoms with van der Waals surface area (Å²) in [6, 6.07) is 5.45. The Balaban J connectivity index is 2.95. The van der Waals surface area contributed by atoms with Crippen molar-refractivity contribution in [3.8, 4) is 0 Å². The minimum absolute atomic E-state index is 0.532. The van der Waals surface area contributed by atoms with Crippen LogP contribution in [-0.4, -0.2) is 16.6 Å². The van der Waals surface area contributed by atoms with Crippen molar-refractivity contribution >= 4 is 23.3 Å². The number of nitrogens with one attached hydrogen (secondary N) is 1. The molecular weight excluding hydrogens is 214 g/mol. The Morgan fingerprint density at radius 1 is 1.47 bits per heavy atom. The lowest BCUT2D eigenvalue weighted by Crippen LogP contribution is -2.40. The summed E-state index contributed by atoms with van der Waals surface area (Å²) in [5.74, 6) is -0.917. The van der Waals surface area contributed by atoms with E-state index in [1.54, 1.807) is 26.0 Å². The Kier molecular flexibility index (Phi) is 3.25. The van der Waals surface area contributed by atoms with Crippen molar-refractivity contribution in [2.24, 2.45) is 0 Å². The van der Waals surface area contributed by atoms with Gasteiger partial charge in [-0.15, -0.1) is 0 Å². The molecule has 1 aromatic rings. The van der Waals surface area contributed by atoms with Crippen molar-refractivity contribution in [2.45, 2.75) is 26.3 Å². The van der Waals surface area contributed by atoms with Gasteiger partial charge in [-0.25, -0.2) is 4.79 Å². The predicted octanol–water partition coefficient (Wildman–Crippen LogP) is 2.92. The van der Waals surface area contributed by atoms with Crippen LogP contribution in [0.25, 0.3) is 0 Å². The van der Waals surface area contributed by atoms with E-state index in [-0.39, 0.29) is 0 Å². The predicted molar refractivity (Wildman–Crippen MR) is 61.5 cm³/mol. The molecule has 0 aromatic heterocycles. The van der Waals surface area contributed by atoms with Crippen LogP contribution in [0.4, 0.5) is 5.69 Å². The lowest BCUT2D eigenvalue weighted by molar-refractivity contribution is -0.141. The first-order chi connectivity index (χ1) is 6.83. The second-order valence-electron chi connectivity index (χ2n) is 4.04. The van der Waals surface area contributed by atoms with E-state index >= 15 is 0 Å². The van der Waals surface area contributed by atoms with Crippen molar-refractivity contribution in [3.05, 3.63) is 28.8 Å². The molecule has 2 N–H and O–H groups in total. The highest BCUT2D eigenvalue weighted by atomic mass is 35.5. The molecule has 15 heavy (non-hydrogen) atoms. The molecule has 0 aliphatic rings. The maximum absolute atomic E-state index is 10.9. The largest absolute Gasteiger partial charge is 0.480 e. The van der Waals surface area contributed by atoms with Crippen LogP contribution in [0.15, 0.2) is 18.2 Å². The first-order valence-corrected chi connectivity index (χ1v) is 4.98. The SMILES string of the molecule is Cc1ccc(NC(C)(C)C(=O)O)c(Cl)c1. The van der Waals surface area contributed by atoms with Crippen LogP contribution in [0.3, 0.4) is 0 Å². The van der Waals surface area contributed by atoms with E-state index in [0.29, 0.717) is 10.7 Å². The van der Waals surface area contributed by atoms with Crippen molar-refractivity contribution in [2.75, 3.05) is 5.32 Å². The van der Waals surface area contributed by atoms with E-state index in [2.05, 4.69) is 5.32 Å². The van der Waals surface area contributed by atoms with Crippen molar-refractivity contribution in [1.29, 1.82) is 0 Å². The Morgan fingerprint density at radius 3 is 2.53 bits per heavy atom. The maximum Gasteiger partial charge on any atom is 0.328 e. The Labute approximate surface area is 94.1 Å². The highest BCUT2D eigenvalue weighted by Crippen LogP contribution is 2.25. The zero-order valence-corrected chi connectivity index (χ0v) is 9.72. The number of anilines is 1. The minimum atomic E-state index is -1.03. The molecule has 0 amide bonds. The van der Waals surface area contributed by atoms with Gasteiger partial charge in [-0.1, -0.05) is 17.7 Å². The van der Waals surface area contributed by atoms with E-state index in [1.165, 1.54) is 0 Å². The summed E-state index contributed by atoms with van der Waals surface area (Å²) < 4.78 is 0. The van der Waals surface area contributed by atoms with Crippen LogP contribution in [0.1, 0.15) is 19.4 Å². The normalized spacial score (nSPS) is 11.2. The second-order valence-corrected chi connectivity index (χ2v) is 4.45. The molecule has 0 radical (unpaired) electrons.